The molecule has 0 aliphatic carbocycles. The van der Waals surface area contributed by atoms with Gasteiger partial charge < -0.3 is 29.0 Å². The van der Waals surface area contributed by atoms with Gasteiger partial charge in [-0.15, -0.1) is 0 Å². The van der Waals surface area contributed by atoms with Gasteiger partial charge in [0, 0.05) is 4.47 Å². The van der Waals surface area contributed by atoms with Gasteiger partial charge in [0.1, 0.15) is 0 Å². The van der Waals surface area contributed by atoms with E-state index in [0.29, 0.717) is 45.2 Å². The summed E-state index contributed by atoms with van der Waals surface area (Å²) in [4.78, 5) is 37.3. The third kappa shape index (κ3) is 7.73. The molecule has 0 aliphatic heterocycles. The van der Waals surface area contributed by atoms with Crippen LogP contribution in [0.3, 0.4) is 0 Å². The topological polar surface area (TPSA) is 134 Å². The number of rotatable bonds is 12. The molecule has 2 amide bonds. The number of methoxy groups -OCH3 is 3. The molecule has 0 fully saturated rings. The van der Waals surface area contributed by atoms with Gasteiger partial charge in [0.05, 0.1) is 51.8 Å². The molecular weight excluding hydrogens is 586 g/mol. The SMILES string of the molecule is CCOc1cc(/C=N/NC(=O)CNC(=O)c2ccccc2Br)ccc1OC(=O)c1cc(OC)c(OC)c(OC)c1. The highest BCUT2D eigenvalue weighted by Crippen LogP contribution is 2.39. The number of hydrazone groups is 1. The van der Waals surface area contributed by atoms with Crippen molar-refractivity contribution in [3.63, 3.8) is 0 Å². The minimum atomic E-state index is -0.668. The third-order valence-electron chi connectivity index (χ3n) is 5.30. The predicted octanol–water partition coefficient (Wildman–Crippen LogP) is 3.97. The summed E-state index contributed by atoms with van der Waals surface area (Å²) in [5, 5.41) is 6.44. The molecule has 11 nitrogen and oxygen atoms in total. The Morgan fingerprint density at radius 2 is 1.60 bits per heavy atom. The Morgan fingerprint density at radius 3 is 2.23 bits per heavy atom. The average Bonchev–Trinajstić information content (AvgIpc) is 2.96. The lowest BCUT2D eigenvalue weighted by Crippen LogP contribution is -2.35. The second-order valence-electron chi connectivity index (χ2n) is 7.90. The summed E-state index contributed by atoms with van der Waals surface area (Å²) >= 11 is 3.30. The lowest BCUT2D eigenvalue weighted by Gasteiger charge is -2.15. The molecule has 0 saturated carbocycles. The fourth-order valence-corrected chi connectivity index (χ4v) is 3.90. The second kappa shape index (κ2) is 14.5. The maximum Gasteiger partial charge on any atom is 0.343 e. The van der Waals surface area contributed by atoms with E-state index in [1.807, 2.05) is 0 Å². The van der Waals surface area contributed by atoms with E-state index < -0.39 is 17.8 Å². The first-order chi connectivity index (χ1) is 19.3. The smallest absolute Gasteiger partial charge is 0.343 e. The molecule has 2 N–H and O–H groups in total. The van der Waals surface area contributed by atoms with Crippen LogP contribution in [0.4, 0.5) is 0 Å². The number of benzene rings is 3. The summed E-state index contributed by atoms with van der Waals surface area (Å²) in [6.45, 7) is 1.83. The van der Waals surface area contributed by atoms with Crippen LogP contribution in [0.25, 0.3) is 0 Å². The number of amides is 2. The van der Waals surface area contributed by atoms with Crippen molar-refractivity contribution >= 4 is 39.9 Å². The van der Waals surface area contributed by atoms with E-state index in [4.69, 9.17) is 23.7 Å². The van der Waals surface area contributed by atoms with Gasteiger partial charge in [-0.25, -0.2) is 10.2 Å². The maximum atomic E-state index is 12.9. The molecule has 0 saturated heterocycles. The normalized spacial score (nSPS) is 10.5. The first kappa shape index (κ1) is 30.0. The third-order valence-corrected chi connectivity index (χ3v) is 5.99. The van der Waals surface area contributed by atoms with Crippen molar-refractivity contribution in [2.24, 2.45) is 5.10 Å². The molecule has 40 heavy (non-hydrogen) atoms. The Balaban J connectivity index is 1.65. The number of halogens is 1. The van der Waals surface area contributed by atoms with E-state index in [9.17, 15) is 14.4 Å². The average molecular weight is 614 g/mol. The Kier molecular flexibility index (Phi) is 10.9. The lowest BCUT2D eigenvalue weighted by molar-refractivity contribution is -0.120. The monoisotopic (exact) mass is 613 g/mol. The van der Waals surface area contributed by atoms with Crippen LogP contribution in [0, 0.1) is 0 Å². The highest BCUT2D eigenvalue weighted by molar-refractivity contribution is 9.10. The van der Waals surface area contributed by atoms with E-state index in [0.717, 1.165) is 0 Å². The van der Waals surface area contributed by atoms with Crippen LogP contribution in [-0.4, -0.2) is 58.5 Å². The molecule has 0 unspecified atom stereocenters. The van der Waals surface area contributed by atoms with Gasteiger partial charge in [-0.1, -0.05) is 12.1 Å². The first-order valence-electron chi connectivity index (χ1n) is 11.9. The van der Waals surface area contributed by atoms with Gasteiger partial charge in [-0.2, -0.15) is 5.10 Å². The minimum absolute atomic E-state index is 0.177. The minimum Gasteiger partial charge on any atom is -0.493 e. The second-order valence-corrected chi connectivity index (χ2v) is 8.75. The lowest BCUT2D eigenvalue weighted by atomic mass is 10.1. The molecule has 210 valence electrons. The Bertz CT molecular complexity index is 1390. The standard InChI is InChI=1S/C28H28BrN3O8/c1-5-39-22-12-17(15-31-32-25(33)16-30-27(34)19-8-6-7-9-20(19)29)10-11-21(22)40-28(35)18-13-23(36-2)26(38-4)24(14-18)37-3/h6-15H,5,16H2,1-4H3,(H,30,34)(H,32,33)/b31-15+. The summed E-state index contributed by atoms with van der Waals surface area (Å²) in [5.41, 5.74) is 3.50. The zero-order valence-electron chi connectivity index (χ0n) is 22.3. The molecule has 0 heterocycles. The van der Waals surface area contributed by atoms with E-state index in [1.54, 1.807) is 49.4 Å². The van der Waals surface area contributed by atoms with Crippen molar-refractivity contribution in [2.45, 2.75) is 6.92 Å². The molecule has 0 radical (unpaired) electrons. The zero-order valence-corrected chi connectivity index (χ0v) is 23.9. The molecule has 0 aromatic heterocycles. The molecular formula is C28H28BrN3O8. The number of nitrogens with zero attached hydrogens (tertiary/aromatic N) is 1. The van der Waals surface area contributed by atoms with Gasteiger partial charge in [-0.05, 0) is 70.9 Å². The van der Waals surface area contributed by atoms with Crippen LogP contribution in [0.1, 0.15) is 33.2 Å². The quantitative estimate of drug-likeness (QED) is 0.136. The Labute approximate surface area is 239 Å². The number of esters is 1. The molecule has 0 bridgehead atoms. The van der Waals surface area contributed by atoms with Crippen molar-refractivity contribution in [1.29, 1.82) is 0 Å². The first-order valence-corrected chi connectivity index (χ1v) is 12.7. The van der Waals surface area contributed by atoms with Gasteiger partial charge in [0.15, 0.2) is 23.0 Å². The van der Waals surface area contributed by atoms with Crippen LogP contribution in [0.15, 0.2) is 64.2 Å². The van der Waals surface area contributed by atoms with Crippen LogP contribution < -0.4 is 34.4 Å². The molecule has 3 rings (SSSR count). The molecule has 0 spiro atoms. The molecule has 3 aromatic rings. The number of hydrogen-bond acceptors (Lipinski definition) is 9. The molecule has 0 aliphatic rings. The van der Waals surface area contributed by atoms with Gasteiger partial charge >= 0.3 is 5.97 Å². The number of ether oxygens (including phenoxy) is 5. The highest BCUT2D eigenvalue weighted by atomic mass is 79.9. The fourth-order valence-electron chi connectivity index (χ4n) is 3.43. The number of hydrogen-bond donors (Lipinski definition) is 2. The van der Waals surface area contributed by atoms with Crippen molar-refractivity contribution in [1.82, 2.24) is 10.7 Å². The van der Waals surface area contributed by atoms with E-state index in [1.165, 1.54) is 39.7 Å². The highest BCUT2D eigenvalue weighted by Gasteiger charge is 2.20. The molecule has 12 heteroatoms. The summed E-state index contributed by atoms with van der Waals surface area (Å²) < 4.78 is 27.7. The fraction of sp³-hybridized carbons (Fsp3) is 0.214. The van der Waals surface area contributed by atoms with E-state index in [2.05, 4.69) is 31.8 Å². The van der Waals surface area contributed by atoms with Crippen LogP contribution in [0.2, 0.25) is 0 Å². The van der Waals surface area contributed by atoms with Crippen molar-refractivity contribution < 1.29 is 38.1 Å². The maximum absolute atomic E-state index is 12.9. The Hall–Kier alpha value is -4.58. The van der Waals surface area contributed by atoms with Crippen molar-refractivity contribution in [2.75, 3.05) is 34.5 Å². The predicted molar refractivity (Wildman–Crippen MR) is 151 cm³/mol. The number of nitrogens with one attached hydrogen (secondary N) is 2. The summed E-state index contributed by atoms with van der Waals surface area (Å²) in [6, 6.07) is 14.6. The molecule has 0 atom stereocenters. The van der Waals surface area contributed by atoms with Gasteiger partial charge in [0.25, 0.3) is 11.8 Å². The number of carbonyl (C=O) groups excluding carboxylic acids is 3. The summed E-state index contributed by atoms with van der Waals surface area (Å²) in [7, 11) is 4.36. The summed E-state index contributed by atoms with van der Waals surface area (Å²) in [6.07, 6.45) is 1.39. The van der Waals surface area contributed by atoms with Crippen LogP contribution >= 0.6 is 15.9 Å². The van der Waals surface area contributed by atoms with E-state index >= 15 is 0 Å². The largest absolute Gasteiger partial charge is 0.493 e. The summed E-state index contributed by atoms with van der Waals surface area (Å²) in [5.74, 6) is -0.157. The van der Waals surface area contributed by atoms with Gasteiger partial charge in [-0.3, -0.25) is 9.59 Å². The van der Waals surface area contributed by atoms with Crippen molar-refractivity contribution in [3.8, 4) is 28.7 Å². The van der Waals surface area contributed by atoms with E-state index in [-0.39, 0.29) is 17.9 Å². The Morgan fingerprint density at radius 1 is 0.900 bits per heavy atom. The number of carbonyl (C=O) groups is 3. The molecule has 3 aromatic carbocycles. The van der Waals surface area contributed by atoms with Gasteiger partial charge in [0.2, 0.25) is 5.75 Å². The van der Waals surface area contributed by atoms with Crippen LogP contribution in [0.5, 0.6) is 28.7 Å². The van der Waals surface area contributed by atoms with Crippen LogP contribution in [-0.2, 0) is 4.79 Å². The zero-order chi connectivity index (χ0) is 29.1. The van der Waals surface area contributed by atoms with Crippen molar-refractivity contribution in [3.05, 3.63) is 75.8 Å².